The van der Waals surface area contributed by atoms with Crippen LogP contribution in [0, 0.1) is 27.7 Å². The van der Waals surface area contributed by atoms with Crippen molar-refractivity contribution < 1.29 is 37.9 Å². The Balaban J connectivity index is 0.000000231. The fourth-order valence-electron chi connectivity index (χ4n) is 4.58. The van der Waals surface area contributed by atoms with E-state index < -0.39 is 0 Å². The molecule has 0 bridgehead atoms. The summed E-state index contributed by atoms with van der Waals surface area (Å²) in [6.45, 7) is 9.06. The molecule has 4 aromatic carbocycles. The zero-order valence-electron chi connectivity index (χ0n) is 25.3. The molecule has 0 amide bonds. The van der Waals surface area contributed by atoms with Crippen LogP contribution in [0.4, 0.5) is 0 Å². The summed E-state index contributed by atoms with van der Waals surface area (Å²) in [6.07, 6.45) is 0. The van der Waals surface area contributed by atoms with Gasteiger partial charge in [0.1, 0.15) is 23.0 Å². The molecule has 228 valence electrons. The summed E-state index contributed by atoms with van der Waals surface area (Å²) in [5, 5.41) is 4.51. The second-order valence-electron chi connectivity index (χ2n) is 9.40. The van der Waals surface area contributed by atoms with Gasteiger partial charge < -0.3 is 37.9 Å². The molecule has 0 saturated heterocycles. The average molecular weight is 710 g/mol. The summed E-state index contributed by atoms with van der Waals surface area (Å²) >= 11 is 7.14. The van der Waals surface area contributed by atoms with E-state index in [2.05, 4.69) is 31.9 Å². The number of ether oxygens (including phenoxy) is 8. The normalized spacial score (nSPS) is 10.9. The molecule has 10 heteroatoms. The van der Waals surface area contributed by atoms with Crippen LogP contribution in [-0.4, -0.2) is 55.6 Å². The Morgan fingerprint density at radius 2 is 0.786 bits per heavy atom. The van der Waals surface area contributed by atoms with Gasteiger partial charge in [-0.1, -0.05) is 12.1 Å². The molecule has 0 aliphatic carbocycles. The molecule has 4 aromatic rings. The Bertz CT molecular complexity index is 1390. The average Bonchev–Trinajstić information content (AvgIpc) is 2.97. The maximum Gasteiger partial charge on any atom is 0.188 e. The van der Waals surface area contributed by atoms with Crippen molar-refractivity contribution in [2.75, 3.05) is 55.6 Å². The smallest absolute Gasteiger partial charge is 0.188 e. The first kappa shape index (κ1) is 33.9. The number of fused-ring (bicyclic) bond motifs is 2. The van der Waals surface area contributed by atoms with Gasteiger partial charge in [-0.3, -0.25) is 0 Å². The van der Waals surface area contributed by atoms with E-state index in [0.29, 0.717) is 0 Å². The number of hydrogen-bond acceptors (Lipinski definition) is 8. The van der Waals surface area contributed by atoms with Crippen LogP contribution in [0.5, 0.6) is 23.0 Å². The molecular formula is C32H38Br2O8. The molecule has 0 N–H and O–H groups in total. The van der Waals surface area contributed by atoms with Crippen molar-refractivity contribution in [3.63, 3.8) is 0 Å². The van der Waals surface area contributed by atoms with E-state index in [4.69, 9.17) is 37.9 Å². The van der Waals surface area contributed by atoms with Crippen LogP contribution in [-0.2, 0) is 18.9 Å². The quantitative estimate of drug-likeness (QED) is 0.136. The molecule has 0 aromatic heterocycles. The van der Waals surface area contributed by atoms with E-state index in [1.165, 1.54) is 0 Å². The van der Waals surface area contributed by atoms with Crippen LogP contribution < -0.4 is 18.9 Å². The van der Waals surface area contributed by atoms with Crippen molar-refractivity contribution in [2.24, 2.45) is 0 Å². The molecule has 0 radical (unpaired) electrons. The molecule has 0 saturated carbocycles. The second kappa shape index (κ2) is 16.3. The van der Waals surface area contributed by atoms with Crippen LogP contribution in [0.1, 0.15) is 22.3 Å². The summed E-state index contributed by atoms with van der Waals surface area (Å²) in [6, 6.07) is 12.1. The minimum atomic E-state index is 0.208. The minimum absolute atomic E-state index is 0.208. The fraction of sp³-hybridized carbons (Fsp3) is 0.375. The standard InChI is InChI=1S/C16H18Br2O4.C16H20O4/c1-9-11-5-14(18)16(22-8-20-4)10(2)12(11)6-13(17)15(9)21-7-19-3;1-11-13-5-8-16(20-10-18-4)12(2)14(13)6-7-15(11)19-9-17-3/h5-6H,7-8H2,1-4H3;5-8H,9-10H2,1-4H3. The Morgan fingerprint density at radius 3 is 1.12 bits per heavy atom. The molecule has 0 fully saturated rings. The second-order valence-corrected chi connectivity index (χ2v) is 11.1. The predicted octanol–water partition coefficient (Wildman–Crippen LogP) is 8.37. The van der Waals surface area contributed by atoms with Gasteiger partial charge in [0.15, 0.2) is 27.2 Å². The van der Waals surface area contributed by atoms with Gasteiger partial charge in [-0.25, -0.2) is 0 Å². The zero-order valence-corrected chi connectivity index (χ0v) is 28.5. The Hall–Kier alpha value is -2.60. The van der Waals surface area contributed by atoms with Crippen molar-refractivity contribution in [2.45, 2.75) is 27.7 Å². The molecule has 0 unspecified atom stereocenters. The minimum Gasteiger partial charge on any atom is -0.467 e. The predicted molar refractivity (Wildman–Crippen MR) is 172 cm³/mol. The maximum absolute atomic E-state index is 5.66. The largest absolute Gasteiger partial charge is 0.467 e. The van der Waals surface area contributed by atoms with Gasteiger partial charge in [0.05, 0.1) is 8.95 Å². The number of benzene rings is 4. The Morgan fingerprint density at radius 1 is 0.452 bits per heavy atom. The van der Waals surface area contributed by atoms with E-state index >= 15 is 0 Å². The number of halogens is 2. The highest BCUT2D eigenvalue weighted by Crippen LogP contribution is 2.42. The molecule has 0 atom stereocenters. The number of aryl methyl sites for hydroxylation is 4. The number of methoxy groups -OCH3 is 4. The summed E-state index contributed by atoms with van der Waals surface area (Å²) in [7, 11) is 6.43. The van der Waals surface area contributed by atoms with Crippen molar-refractivity contribution in [3.8, 4) is 23.0 Å². The summed E-state index contributed by atoms with van der Waals surface area (Å²) in [5.74, 6) is 3.24. The van der Waals surface area contributed by atoms with Crippen LogP contribution in [0.15, 0.2) is 45.3 Å². The molecule has 0 aliphatic rings. The molecule has 0 spiro atoms. The number of hydrogen-bond donors (Lipinski definition) is 0. The van der Waals surface area contributed by atoms with Gasteiger partial charge in [0.2, 0.25) is 0 Å². The van der Waals surface area contributed by atoms with Crippen molar-refractivity contribution in [1.82, 2.24) is 0 Å². The Labute approximate surface area is 264 Å². The Kier molecular flexibility index (Phi) is 13.2. The highest BCUT2D eigenvalue weighted by atomic mass is 79.9. The van der Waals surface area contributed by atoms with E-state index in [9.17, 15) is 0 Å². The van der Waals surface area contributed by atoms with E-state index in [0.717, 1.165) is 75.7 Å². The lowest BCUT2D eigenvalue weighted by Crippen LogP contribution is -2.03. The van der Waals surface area contributed by atoms with E-state index in [-0.39, 0.29) is 27.2 Å². The van der Waals surface area contributed by atoms with Crippen molar-refractivity contribution in [1.29, 1.82) is 0 Å². The van der Waals surface area contributed by atoms with E-state index in [1.54, 1.807) is 28.4 Å². The maximum atomic E-state index is 5.66. The highest BCUT2D eigenvalue weighted by Gasteiger charge is 2.17. The number of rotatable bonds is 12. The SMILES string of the molecule is COCOc1c(Br)cc2c(C)c(OCOC)c(Br)cc2c1C.COCOc1ccc2c(C)c(OCOC)ccc2c1C. The monoisotopic (exact) mass is 708 g/mol. The van der Waals surface area contributed by atoms with Gasteiger partial charge >= 0.3 is 0 Å². The van der Waals surface area contributed by atoms with Gasteiger partial charge in [0, 0.05) is 39.6 Å². The van der Waals surface area contributed by atoms with Gasteiger partial charge in [-0.2, -0.15) is 0 Å². The first-order valence-electron chi connectivity index (χ1n) is 13.1. The van der Waals surface area contributed by atoms with Gasteiger partial charge in [-0.05, 0) is 116 Å². The lowest BCUT2D eigenvalue weighted by atomic mass is 10.00. The van der Waals surface area contributed by atoms with Crippen LogP contribution in [0.2, 0.25) is 0 Å². The van der Waals surface area contributed by atoms with E-state index in [1.807, 2.05) is 64.1 Å². The third-order valence-electron chi connectivity index (χ3n) is 6.70. The van der Waals surface area contributed by atoms with Crippen LogP contribution in [0.3, 0.4) is 0 Å². The van der Waals surface area contributed by atoms with Crippen molar-refractivity contribution >= 4 is 53.4 Å². The highest BCUT2D eigenvalue weighted by molar-refractivity contribution is 9.11. The van der Waals surface area contributed by atoms with Crippen LogP contribution >= 0.6 is 31.9 Å². The van der Waals surface area contributed by atoms with Crippen LogP contribution in [0.25, 0.3) is 21.5 Å². The first-order valence-corrected chi connectivity index (χ1v) is 14.7. The lowest BCUT2D eigenvalue weighted by molar-refractivity contribution is 0.0498. The van der Waals surface area contributed by atoms with Crippen molar-refractivity contribution in [3.05, 3.63) is 67.6 Å². The summed E-state index contributed by atoms with van der Waals surface area (Å²) < 4.78 is 44.1. The van der Waals surface area contributed by atoms with Gasteiger partial charge in [-0.15, -0.1) is 0 Å². The van der Waals surface area contributed by atoms with Gasteiger partial charge in [0.25, 0.3) is 0 Å². The third kappa shape index (κ3) is 7.86. The topological polar surface area (TPSA) is 73.8 Å². The molecular weight excluding hydrogens is 672 g/mol. The molecule has 42 heavy (non-hydrogen) atoms. The zero-order chi connectivity index (χ0) is 30.8. The fourth-order valence-corrected chi connectivity index (χ4v) is 5.86. The first-order chi connectivity index (χ1) is 20.2. The summed E-state index contributed by atoms with van der Waals surface area (Å²) in [5.41, 5.74) is 4.29. The third-order valence-corrected chi connectivity index (χ3v) is 7.88. The molecule has 8 nitrogen and oxygen atoms in total. The summed E-state index contributed by atoms with van der Waals surface area (Å²) in [4.78, 5) is 0. The molecule has 0 aliphatic heterocycles. The lowest BCUT2D eigenvalue weighted by Gasteiger charge is -2.17. The molecule has 4 rings (SSSR count). The molecule has 0 heterocycles.